The molecular formula is C31H31ClMgO2. The van der Waals surface area contributed by atoms with Crippen LogP contribution in [0.5, 0.6) is 0 Å². The Bertz CT molecular complexity index is 1210. The van der Waals surface area contributed by atoms with Gasteiger partial charge >= 0.3 is 23.1 Å². The summed E-state index contributed by atoms with van der Waals surface area (Å²) in [7, 11) is 0. The van der Waals surface area contributed by atoms with E-state index in [1.807, 2.05) is 72.8 Å². The van der Waals surface area contributed by atoms with Crippen molar-refractivity contribution in [2.24, 2.45) is 0 Å². The van der Waals surface area contributed by atoms with Gasteiger partial charge in [-0.15, -0.1) is 13.2 Å². The van der Waals surface area contributed by atoms with E-state index in [2.05, 4.69) is 38.8 Å². The van der Waals surface area contributed by atoms with Gasteiger partial charge in [-0.1, -0.05) is 97.1 Å². The van der Waals surface area contributed by atoms with Crippen LogP contribution in [-0.4, -0.2) is 34.4 Å². The zero-order valence-corrected chi connectivity index (χ0v) is 22.2. The summed E-state index contributed by atoms with van der Waals surface area (Å²) in [4.78, 5) is 10.6. The predicted octanol–water partition coefficient (Wildman–Crippen LogP) is 4.46. The Morgan fingerprint density at radius 1 is 0.743 bits per heavy atom. The minimum Gasteiger partial charge on any atom is -1.00 e. The van der Waals surface area contributed by atoms with Crippen LogP contribution in [-0.2, 0) is 5.60 Å². The standard InChI is InChI=1S/C17H18O.C11H8O.C3H5.ClH.Mg/c1-3-12-17(18,13-4-2)16-11-7-9-14-8-5-6-10-15(14)16;12-8-10-6-3-5-9-4-1-2-7-11(9)10;1-3-2;;/h3-11,18H,1-2,12-13H2;1-8H;3H,1-2H2;1H;/q;;-1;;+2/p-1. The fraction of sp³-hybridized carbons (Fsp3) is 0.0968. The van der Waals surface area contributed by atoms with E-state index < -0.39 is 5.60 Å². The quantitative estimate of drug-likeness (QED) is 0.186. The minimum atomic E-state index is -0.912. The van der Waals surface area contributed by atoms with Crippen molar-refractivity contribution in [1.82, 2.24) is 0 Å². The molecule has 0 spiro atoms. The summed E-state index contributed by atoms with van der Waals surface area (Å²) in [5.41, 5.74) is 0.790. The molecule has 0 heterocycles. The fourth-order valence-corrected chi connectivity index (χ4v) is 3.77. The number of benzene rings is 4. The molecule has 4 aromatic carbocycles. The third kappa shape index (κ3) is 8.72. The van der Waals surface area contributed by atoms with Gasteiger partial charge in [0.25, 0.3) is 0 Å². The number of hydrogen-bond donors (Lipinski definition) is 1. The van der Waals surface area contributed by atoms with E-state index in [0.717, 1.165) is 39.0 Å². The number of fused-ring (bicyclic) bond motifs is 2. The van der Waals surface area contributed by atoms with Crippen LogP contribution in [0.3, 0.4) is 0 Å². The summed E-state index contributed by atoms with van der Waals surface area (Å²) < 4.78 is 0. The molecule has 0 aromatic heterocycles. The maximum absolute atomic E-state index is 10.8. The second-order valence-corrected chi connectivity index (χ2v) is 7.52. The Morgan fingerprint density at radius 3 is 1.69 bits per heavy atom. The molecule has 0 aliphatic rings. The third-order valence-corrected chi connectivity index (χ3v) is 5.21. The van der Waals surface area contributed by atoms with Crippen molar-refractivity contribution in [3.8, 4) is 0 Å². The molecule has 0 amide bonds. The van der Waals surface area contributed by atoms with Crippen LogP contribution in [0.25, 0.3) is 21.5 Å². The maximum Gasteiger partial charge on any atom is 2.00 e. The van der Waals surface area contributed by atoms with Crippen LogP contribution in [0.15, 0.2) is 123 Å². The molecule has 0 fully saturated rings. The second kappa shape index (κ2) is 16.7. The van der Waals surface area contributed by atoms with Gasteiger partial charge in [0, 0.05) is 5.56 Å². The maximum atomic E-state index is 10.8. The molecule has 0 saturated carbocycles. The average Bonchev–Trinajstić information content (AvgIpc) is 2.84. The summed E-state index contributed by atoms with van der Waals surface area (Å²) in [6.45, 7) is 14.0. The first-order valence-electron chi connectivity index (χ1n) is 10.8. The normalized spacial score (nSPS) is 9.63. The molecule has 4 heteroatoms. The molecule has 4 rings (SSSR count). The molecule has 35 heavy (non-hydrogen) atoms. The number of carbonyl (C=O) groups excluding carboxylic acids is 1. The predicted molar refractivity (Wildman–Crippen MR) is 148 cm³/mol. The van der Waals surface area contributed by atoms with Crippen LogP contribution >= 0.6 is 0 Å². The number of carbonyl (C=O) groups is 1. The van der Waals surface area contributed by atoms with Crippen molar-refractivity contribution in [2.45, 2.75) is 18.4 Å². The van der Waals surface area contributed by atoms with E-state index in [1.165, 1.54) is 6.08 Å². The number of allylic oxidation sites excluding steroid dienone is 1. The third-order valence-electron chi connectivity index (χ3n) is 5.21. The smallest absolute Gasteiger partial charge is 1.00 e. The van der Waals surface area contributed by atoms with Gasteiger partial charge in [-0.2, -0.15) is 0 Å². The molecule has 0 aliphatic carbocycles. The van der Waals surface area contributed by atoms with Crippen molar-refractivity contribution in [1.29, 1.82) is 0 Å². The Kier molecular flexibility index (Phi) is 15.4. The number of rotatable bonds is 6. The van der Waals surface area contributed by atoms with Gasteiger partial charge < -0.3 is 17.5 Å². The molecule has 1 N–H and O–H groups in total. The zero-order chi connectivity index (χ0) is 24.1. The Morgan fingerprint density at radius 2 is 1.17 bits per heavy atom. The van der Waals surface area contributed by atoms with E-state index in [0.29, 0.717) is 12.8 Å². The molecule has 176 valence electrons. The number of aliphatic hydroxyl groups is 1. The van der Waals surface area contributed by atoms with Gasteiger partial charge in [0.05, 0.1) is 5.60 Å². The number of halogens is 1. The molecule has 0 bridgehead atoms. The average molecular weight is 495 g/mol. The molecule has 0 atom stereocenters. The number of hydrogen-bond acceptors (Lipinski definition) is 2. The molecular weight excluding hydrogens is 464 g/mol. The van der Waals surface area contributed by atoms with Gasteiger partial charge in [-0.25, -0.2) is 19.6 Å². The van der Waals surface area contributed by atoms with Gasteiger partial charge in [0.1, 0.15) is 0 Å². The van der Waals surface area contributed by atoms with Crippen molar-refractivity contribution in [3.05, 3.63) is 141 Å². The second-order valence-electron chi connectivity index (χ2n) is 7.52. The first-order valence-corrected chi connectivity index (χ1v) is 10.8. The fourth-order valence-electron chi connectivity index (χ4n) is 3.77. The van der Waals surface area contributed by atoms with Crippen LogP contribution in [0.1, 0.15) is 28.8 Å². The van der Waals surface area contributed by atoms with Crippen LogP contribution < -0.4 is 12.4 Å². The SMILES string of the molecule is C=CCC(O)(CC=C)c1cccc2ccccc12.C=C[CH2-].O=Cc1cccc2ccccc12.[Cl-].[Mg+2]. The topological polar surface area (TPSA) is 37.3 Å². The molecule has 4 aromatic rings. The summed E-state index contributed by atoms with van der Waals surface area (Å²) in [5.74, 6) is 0. The molecule has 0 saturated heterocycles. The molecule has 0 unspecified atom stereocenters. The zero-order valence-electron chi connectivity index (χ0n) is 20.1. The van der Waals surface area contributed by atoms with Gasteiger partial charge in [-0.05, 0) is 39.9 Å². The van der Waals surface area contributed by atoms with E-state index in [4.69, 9.17) is 0 Å². The summed E-state index contributed by atoms with van der Waals surface area (Å²) in [6, 6.07) is 27.7. The van der Waals surface area contributed by atoms with Crippen molar-refractivity contribution < 1.29 is 22.3 Å². The minimum absolute atomic E-state index is 0. The monoisotopic (exact) mass is 494 g/mol. The largest absolute Gasteiger partial charge is 2.00 e. The van der Waals surface area contributed by atoms with Crippen LogP contribution in [0, 0.1) is 6.92 Å². The van der Waals surface area contributed by atoms with E-state index in [9.17, 15) is 9.90 Å². The summed E-state index contributed by atoms with van der Waals surface area (Å²) in [5, 5.41) is 15.2. The van der Waals surface area contributed by atoms with E-state index >= 15 is 0 Å². The van der Waals surface area contributed by atoms with E-state index in [1.54, 1.807) is 12.2 Å². The van der Waals surface area contributed by atoms with Crippen LogP contribution in [0.2, 0.25) is 0 Å². The van der Waals surface area contributed by atoms with Gasteiger partial charge in [0.2, 0.25) is 0 Å². The van der Waals surface area contributed by atoms with Gasteiger partial charge in [-0.3, -0.25) is 4.79 Å². The van der Waals surface area contributed by atoms with Crippen molar-refractivity contribution >= 4 is 50.9 Å². The summed E-state index contributed by atoms with van der Waals surface area (Å²) in [6.07, 6.45) is 6.94. The van der Waals surface area contributed by atoms with E-state index in [-0.39, 0.29) is 35.5 Å². The van der Waals surface area contributed by atoms with Crippen molar-refractivity contribution in [2.75, 3.05) is 0 Å². The molecule has 0 radical (unpaired) electrons. The first kappa shape index (κ1) is 32.2. The van der Waals surface area contributed by atoms with Crippen LogP contribution in [0.4, 0.5) is 0 Å². The Hall–Kier alpha value is -2.82. The van der Waals surface area contributed by atoms with Gasteiger partial charge in [0.15, 0.2) is 6.29 Å². The Balaban J connectivity index is 0.000000593. The van der Waals surface area contributed by atoms with Crippen molar-refractivity contribution in [3.63, 3.8) is 0 Å². The molecule has 0 aliphatic heterocycles. The summed E-state index contributed by atoms with van der Waals surface area (Å²) >= 11 is 0. The first-order chi connectivity index (χ1) is 16.0. The number of aldehydes is 1. The molecule has 2 nitrogen and oxygen atoms in total. The Labute approximate surface area is 231 Å².